The van der Waals surface area contributed by atoms with E-state index in [2.05, 4.69) is 44.5 Å². The van der Waals surface area contributed by atoms with Gasteiger partial charge in [0.05, 0.1) is 27.3 Å². The Morgan fingerprint density at radius 1 is 1.12 bits per heavy atom. The summed E-state index contributed by atoms with van der Waals surface area (Å²) in [5.41, 5.74) is 3.24. The predicted molar refractivity (Wildman–Crippen MR) is 195 cm³/mol. The molecule has 2 aromatic heterocycles. The van der Waals surface area contributed by atoms with Gasteiger partial charge >= 0.3 is 5.97 Å². The van der Waals surface area contributed by atoms with E-state index >= 15 is 0 Å². The molecule has 270 valence electrons. The van der Waals surface area contributed by atoms with Crippen molar-refractivity contribution < 1.29 is 27.9 Å². The van der Waals surface area contributed by atoms with Crippen LogP contribution in [0.3, 0.4) is 0 Å². The van der Waals surface area contributed by atoms with Crippen LogP contribution in [0.5, 0.6) is 0 Å². The number of anilines is 1. The van der Waals surface area contributed by atoms with Crippen LogP contribution in [-0.4, -0.2) is 62.8 Å². The summed E-state index contributed by atoms with van der Waals surface area (Å²) in [7, 11) is 0. The van der Waals surface area contributed by atoms with Crippen LogP contribution in [0, 0.1) is 10.8 Å². The van der Waals surface area contributed by atoms with Crippen LogP contribution in [0.25, 0.3) is 11.0 Å². The average molecular weight is 718 g/mol. The predicted octanol–water partition coefficient (Wildman–Crippen LogP) is 8.01. The van der Waals surface area contributed by atoms with Crippen LogP contribution in [0.2, 0.25) is 0 Å². The summed E-state index contributed by atoms with van der Waals surface area (Å²) >= 11 is 0.762. The van der Waals surface area contributed by atoms with Gasteiger partial charge in [0.15, 0.2) is 0 Å². The minimum absolute atomic E-state index is 0.0141. The van der Waals surface area contributed by atoms with Gasteiger partial charge in [-0.1, -0.05) is 63.7 Å². The molecule has 1 N–H and O–H groups in total. The average Bonchev–Trinajstić information content (AvgIpc) is 3.83. The lowest BCUT2D eigenvalue weighted by atomic mass is 9.64. The number of esters is 1. The summed E-state index contributed by atoms with van der Waals surface area (Å²) in [5, 5.41) is 2.91. The first-order valence-electron chi connectivity index (χ1n) is 17.3. The van der Waals surface area contributed by atoms with Gasteiger partial charge in [-0.2, -0.15) is 0 Å². The van der Waals surface area contributed by atoms with E-state index in [1.807, 2.05) is 58.0 Å². The minimum atomic E-state index is -2.66. The molecule has 2 aliphatic rings. The van der Waals surface area contributed by atoms with E-state index in [9.17, 15) is 23.2 Å². The number of fused-ring (bicyclic) bond motifs is 1. The number of nitrogens with one attached hydrogen (secondary N) is 1. The number of benzene rings is 2. The van der Waals surface area contributed by atoms with Gasteiger partial charge in [-0.15, -0.1) is 11.3 Å². The van der Waals surface area contributed by atoms with Crippen molar-refractivity contribution in [3.8, 4) is 0 Å². The third-order valence-corrected chi connectivity index (χ3v) is 11.5. The third kappa shape index (κ3) is 8.07. The normalized spacial score (nSPS) is 19.5. The SMILES string of the molecule is C=CC(=O)N1CC[C@]2(C1)C[C@H](n1c(NC(=O)c3ccc(C(F)F)s3)nc3cc(CN(CC(=O)OCc4ccccc4)[C@@H](C)C(C)(C)C)ccc31)C2. The number of amides is 2. The third-order valence-electron chi connectivity index (χ3n) is 10.4. The molecule has 2 aromatic carbocycles. The lowest BCUT2D eigenvalue weighted by Crippen LogP contribution is -2.44. The number of carbonyl (C=O) groups is 3. The van der Waals surface area contributed by atoms with E-state index in [4.69, 9.17) is 9.72 Å². The fourth-order valence-corrected chi connectivity index (χ4v) is 7.98. The molecule has 1 aliphatic carbocycles. The lowest BCUT2D eigenvalue weighted by molar-refractivity contribution is -0.147. The molecule has 0 radical (unpaired) electrons. The summed E-state index contributed by atoms with van der Waals surface area (Å²) in [5.74, 6) is -0.531. The number of aromatic nitrogens is 2. The van der Waals surface area contributed by atoms with Gasteiger partial charge in [0, 0.05) is 31.7 Å². The highest BCUT2D eigenvalue weighted by atomic mass is 32.1. The number of thiophene rings is 1. The van der Waals surface area contributed by atoms with Gasteiger partial charge in [-0.3, -0.25) is 24.6 Å². The van der Waals surface area contributed by atoms with Crippen molar-refractivity contribution in [2.45, 2.75) is 78.6 Å². The number of likely N-dealkylation sites (tertiary alicyclic amines) is 1. The molecular weight excluding hydrogens is 673 g/mol. The topological polar surface area (TPSA) is 96.8 Å². The summed E-state index contributed by atoms with van der Waals surface area (Å²) in [6.07, 6.45) is 1.20. The number of hydrogen-bond acceptors (Lipinski definition) is 7. The van der Waals surface area contributed by atoms with Gasteiger partial charge in [-0.05, 0) is 78.5 Å². The number of imidazole rings is 1. The van der Waals surface area contributed by atoms with Gasteiger partial charge < -0.3 is 14.2 Å². The van der Waals surface area contributed by atoms with Crippen LogP contribution in [0.15, 0.2) is 73.3 Å². The largest absolute Gasteiger partial charge is 0.460 e. The highest BCUT2D eigenvalue weighted by molar-refractivity contribution is 7.14. The van der Waals surface area contributed by atoms with Crippen LogP contribution in [0.1, 0.15) is 85.1 Å². The maximum atomic E-state index is 13.3. The number of rotatable bonds is 12. The van der Waals surface area contributed by atoms with Gasteiger partial charge in [0.25, 0.3) is 12.3 Å². The molecule has 1 saturated heterocycles. The first-order chi connectivity index (χ1) is 24.2. The van der Waals surface area contributed by atoms with Crippen molar-refractivity contribution in [1.82, 2.24) is 19.4 Å². The Labute approximate surface area is 301 Å². The highest BCUT2D eigenvalue weighted by Gasteiger charge is 2.50. The zero-order valence-corrected chi connectivity index (χ0v) is 30.3. The Kier molecular flexibility index (Phi) is 10.5. The zero-order chi connectivity index (χ0) is 36.5. The Morgan fingerprint density at radius 3 is 2.53 bits per heavy atom. The van der Waals surface area contributed by atoms with Crippen molar-refractivity contribution in [1.29, 1.82) is 0 Å². The number of alkyl halides is 2. The van der Waals surface area contributed by atoms with Crippen molar-refractivity contribution in [3.05, 3.63) is 94.2 Å². The van der Waals surface area contributed by atoms with Crippen LogP contribution in [0.4, 0.5) is 14.7 Å². The molecule has 12 heteroatoms. The highest BCUT2D eigenvalue weighted by Crippen LogP contribution is 2.55. The van der Waals surface area contributed by atoms with Crippen molar-refractivity contribution in [2.24, 2.45) is 10.8 Å². The minimum Gasteiger partial charge on any atom is -0.460 e. The van der Waals surface area contributed by atoms with Gasteiger partial charge in [0.2, 0.25) is 11.9 Å². The first-order valence-corrected chi connectivity index (χ1v) is 18.1. The number of carbonyl (C=O) groups excluding carboxylic acids is 3. The quantitative estimate of drug-likeness (QED) is 0.118. The van der Waals surface area contributed by atoms with Crippen molar-refractivity contribution in [3.63, 3.8) is 0 Å². The van der Waals surface area contributed by atoms with Crippen LogP contribution >= 0.6 is 11.3 Å². The molecule has 1 aliphatic heterocycles. The molecule has 9 nitrogen and oxygen atoms in total. The van der Waals surface area contributed by atoms with Crippen LogP contribution < -0.4 is 5.32 Å². The van der Waals surface area contributed by atoms with Crippen LogP contribution in [-0.2, 0) is 27.5 Å². The molecule has 3 heterocycles. The number of hydrogen-bond donors (Lipinski definition) is 1. The molecule has 1 saturated carbocycles. The molecule has 1 spiro atoms. The van der Waals surface area contributed by atoms with E-state index in [1.165, 1.54) is 18.2 Å². The Bertz CT molecular complexity index is 1910. The van der Waals surface area contributed by atoms with E-state index in [0.29, 0.717) is 31.1 Å². The maximum absolute atomic E-state index is 13.3. The molecule has 0 unspecified atom stereocenters. The summed E-state index contributed by atoms with van der Waals surface area (Å²) < 4.78 is 34.3. The Balaban J connectivity index is 1.26. The monoisotopic (exact) mass is 717 g/mol. The second-order valence-electron chi connectivity index (χ2n) is 15.0. The standard InChI is InChI=1S/C39H45F2N5O4S/c1-6-33(47)44-17-16-39(24-44)19-28(20-39)46-30-13-12-27(18-29(30)42-37(46)43-36(49)32-15-14-31(51-32)35(40)41)21-45(25(2)38(3,4)5)22-34(48)50-23-26-10-8-7-9-11-26/h6-15,18,25,28,35H,1,16-17,19-24H2,2-5H3,(H,42,43,49)/t25-,28-,39-/m0/s1. The van der Waals surface area contributed by atoms with E-state index in [0.717, 1.165) is 47.2 Å². The first kappa shape index (κ1) is 36.4. The molecule has 2 fully saturated rings. The second kappa shape index (κ2) is 14.7. The fourth-order valence-electron chi connectivity index (χ4n) is 7.23. The van der Waals surface area contributed by atoms with E-state index in [1.54, 1.807) is 0 Å². The van der Waals surface area contributed by atoms with Crippen molar-refractivity contribution in [2.75, 3.05) is 25.0 Å². The van der Waals surface area contributed by atoms with Gasteiger partial charge in [-0.25, -0.2) is 13.8 Å². The smallest absolute Gasteiger partial charge is 0.320 e. The fraction of sp³-hybridized carbons (Fsp3) is 0.436. The molecule has 2 amide bonds. The lowest BCUT2D eigenvalue weighted by Gasteiger charge is -2.46. The zero-order valence-electron chi connectivity index (χ0n) is 29.5. The second-order valence-corrected chi connectivity index (χ2v) is 16.1. The molecule has 1 atom stereocenters. The number of halogens is 2. The molecule has 0 bridgehead atoms. The molecule has 6 rings (SSSR count). The Hall–Kier alpha value is -4.42. The number of ether oxygens (including phenoxy) is 1. The summed E-state index contributed by atoms with van der Waals surface area (Å²) in [4.78, 5) is 47.5. The molecule has 4 aromatic rings. The Morgan fingerprint density at radius 2 is 1.86 bits per heavy atom. The molecule has 51 heavy (non-hydrogen) atoms. The maximum Gasteiger partial charge on any atom is 0.320 e. The van der Waals surface area contributed by atoms with Crippen molar-refractivity contribution >= 4 is 46.1 Å². The van der Waals surface area contributed by atoms with E-state index in [-0.39, 0.29) is 57.7 Å². The summed E-state index contributed by atoms with van der Waals surface area (Å²) in [6.45, 7) is 14.3. The summed E-state index contributed by atoms with van der Waals surface area (Å²) in [6, 6.07) is 18.3. The van der Waals surface area contributed by atoms with Gasteiger partial charge in [0.1, 0.15) is 6.61 Å². The molecular formula is C39H45F2N5O4S. The number of nitrogens with zero attached hydrogens (tertiary/aromatic N) is 4. The van der Waals surface area contributed by atoms with E-state index < -0.39 is 12.3 Å².